The number of H-pyrrole nitrogens is 1. The highest BCUT2D eigenvalue weighted by Crippen LogP contribution is 2.01. The van der Waals surface area contributed by atoms with Crippen LogP contribution in [0.2, 0.25) is 0 Å². The highest BCUT2D eigenvalue weighted by Gasteiger charge is 2.24. The largest absolute Gasteiger partial charge is 0.480 e. The first-order valence-electron chi connectivity index (χ1n) is 6.96. The fraction of sp³-hybridized carbons (Fsp3) is 0.538. The molecule has 0 aromatic carbocycles. The molecule has 0 bridgehead atoms. The van der Waals surface area contributed by atoms with Crippen LogP contribution in [0.25, 0.3) is 0 Å². The van der Waals surface area contributed by atoms with Crippen LogP contribution in [-0.4, -0.2) is 67.9 Å². The maximum Gasteiger partial charge on any atom is 0.321 e. The van der Waals surface area contributed by atoms with Crippen molar-refractivity contribution < 1.29 is 29.7 Å². The van der Waals surface area contributed by atoms with Gasteiger partial charge in [-0.25, -0.2) is 4.98 Å². The minimum Gasteiger partial charge on any atom is -0.480 e. The Hall–Kier alpha value is -2.46. The molecular formula is C13H20N4O6. The minimum atomic E-state index is -1.19. The molecule has 1 unspecified atom stereocenters. The van der Waals surface area contributed by atoms with Gasteiger partial charge in [0, 0.05) is 18.3 Å². The van der Waals surface area contributed by atoms with Crippen LogP contribution in [0.15, 0.2) is 12.5 Å². The quantitative estimate of drug-likeness (QED) is 0.296. The summed E-state index contributed by atoms with van der Waals surface area (Å²) in [6.45, 7) is 1.44. The Morgan fingerprint density at radius 1 is 1.17 bits per heavy atom. The standard InChI is InChI=1S/C13H20N4O6/c1-7(11(18)19)17-9(12(20)21)2-3-15-10(13(22)23)4-8-5-14-6-16-8/h5-7,9-10,15,17H,2-4H2,1H3,(H,14,16)(H,18,19)(H,20,21)(H,22,23)/t7?,9-,10-/m0/s1. The van der Waals surface area contributed by atoms with E-state index in [0.29, 0.717) is 5.69 Å². The van der Waals surface area contributed by atoms with Gasteiger partial charge in [0.15, 0.2) is 0 Å². The molecule has 1 aromatic rings. The highest BCUT2D eigenvalue weighted by atomic mass is 16.4. The predicted octanol–water partition coefficient (Wildman–Crippen LogP) is -1.10. The van der Waals surface area contributed by atoms with Crippen molar-refractivity contribution in [1.29, 1.82) is 0 Å². The smallest absolute Gasteiger partial charge is 0.321 e. The van der Waals surface area contributed by atoms with Crippen molar-refractivity contribution in [2.24, 2.45) is 0 Å². The van der Waals surface area contributed by atoms with Crippen LogP contribution < -0.4 is 10.6 Å². The van der Waals surface area contributed by atoms with Crippen LogP contribution in [0, 0.1) is 0 Å². The molecule has 1 aromatic heterocycles. The van der Waals surface area contributed by atoms with Crippen LogP contribution in [0.5, 0.6) is 0 Å². The molecule has 10 heteroatoms. The van der Waals surface area contributed by atoms with Gasteiger partial charge in [0.25, 0.3) is 0 Å². The summed E-state index contributed by atoms with van der Waals surface area (Å²) >= 11 is 0. The first kappa shape index (κ1) is 18.6. The highest BCUT2D eigenvalue weighted by molar-refractivity contribution is 5.77. The Labute approximate surface area is 131 Å². The molecule has 23 heavy (non-hydrogen) atoms. The number of aliphatic carboxylic acids is 3. The van der Waals surface area contributed by atoms with Gasteiger partial charge >= 0.3 is 17.9 Å². The monoisotopic (exact) mass is 328 g/mol. The lowest BCUT2D eigenvalue weighted by Crippen LogP contribution is -2.48. The van der Waals surface area contributed by atoms with Crippen molar-refractivity contribution in [1.82, 2.24) is 20.6 Å². The minimum absolute atomic E-state index is 0.0414. The van der Waals surface area contributed by atoms with Gasteiger partial charge in [-0.2, -0.15) is 0 Å². The van der Waals surface area contributed by atoms with Gasteiger partial charge in [0.2, 0.25) is 0 Å². The van der Waals surface area contributed by atoms with E-state index in [1.54, 1.807) is 0 Å². The number of carbonyl (C=O) groups is 3. The lowest BCUT2D eigenvalue weighted by molar-refractivity contribution is -0.142. The number of hydrogen-bond donors (Lipinski definition) is 6. The molecule has 6 N–H and O–H groups in total. The first-order chi connectivity index (χ1) is 10.8. The van der Waals surface area contributed by atoms with Crippen LogP contribution in [0.3, 0.4) is 0 Å². The van der Waals surface area contributed by atoms with Crippen molar-refractivity contribution in [3.63, 3.8) is 0 Å². The molecule has 128 valence electrons. The Kier molecular flexibility index (Phi) is 7.16. The number of aromatic nitrogens is 2. The van der Waals surface area contributed by atoms with E-state index in [9.17, 15) is 14.4 Å². The number of aromatic amines is 1. The zero-order valence-corrected chi connectivity index (χ0v) is 12.5. The Balaban J connectivity index is 2.50. The average Bonchev–Trinajstić information content (AvgIpc) is 2.97. The van der Waals surface area contributed by atoms with E-state index in [0.717, 1.165) is 0 Å². The maximum atomic E-state index is 11.2. The van der Waals surface area contributed by atoms with Crippen molar-refractivity contribution in [3.8, 4) is 0 Å². The molecule has 1 rings (SSSR count). The Morgan fingerprint density at radius 3 is 2.30 bits per heavy atom. The second-order valence-corrected chi connectivity index (χ2v) is 5.03. The molecular weight excluding hydrogens is 308 g/mol. The summed E-state index contributed by atoms with van der Waals surface area (Å²) in [4.78, 5) is 39.6. The molecule has 0 saturated heterocycles. The molecule has 0 amide bonds. The second kappa shape index (κ2) is 8.86. The number of rotatable bonds is 11. The van der Waals surface area contributed by atoms with Gasteiger partial charge in [-0.1, -0.05) is 0 Å². The van der Waals surface area contributed by atoms with Crippen molar-refractivity contribution >= 4 is 17.9 Å². The lowest BCUT2D eigenvalue weighted by atomic mass is 10.1. The third-order valence-electron chi connectivity index (χ3n) is 3.22. The fourth-order valence-corrected chi connectivity index (χ4v) is 1.92. The topological polar surface area (TPSA) is 165 Å². The van der Waals surface area contributed by atoms with Gasteiger partial charge < -0.3 is 25.6 Å². The molecule has 0 radical (unpaired) electrons. The number of nitrogens with one attached hydrogen (secondary N) is 3. The van der Waals surface area contributed by atoms with E-state index in [1.165, 1.54) is 19.4 Å². The maximum absolute atomic E-state index is 11.2. The zero-order chi connectivity index (χ0) is 17.4. The van der Waals surface area contributed by atoms with Gasteiger partial charge in [-0.15, -0.1) is 0 Å². The molecule has 0 fully saturated rings. The Morgan fingerprint density at radius 2 is 1.83 bits per heavy atom. The van der Waals surface area contributed by atoms with Crippen LogP contribution in [-0.2, 0) is 20.8 Å². The molecule has 0 spiro atoms. The molecule has 1 heterocycles. The van der Waals surface area contributed by atoms with Gasteiger partial charge in [0.1, 0.15) is 18.1 Å². The molecule has 0 aliphatic carbocycles. The van der Waals surface area contributed by atoms with E-state index in [1.807, 2.05) is 0 Å². The average molecular weight is 328 g/mol. The summed E-state index contributed by atoms with van der Waals surface area (Å²) in [5.74, 6) is -3.43. The first-order valence-corrected chi connectivity index (χ1v) is 6.96. The molecule has 3 atom stereocenters. The van der Waals surface area contributed by atoms with Gasteiger partial charge in [0.05, 0.1) is 6.33 Å². The fourth-order valence-electron chi connectivity index (χ4n) is 1.92. The van der Waals surface area contributed by atoms with E-state index in [-0.39, 0.29) is 19.4 Å². The zero-order valence-electron chi connectivity index (χ0n) is 12.5. The van der Waals surface area contributed by atoms with Crippen LogP contribution >= 0.6 is 0 Å². The van der Waals surface area contributed by atoms with E-state index in [4.69, 9.17) is 15.3 Å². The summed E-state index contributed by atoms with van der Waals surface area (Å²) in [5, 5.41) is 32.2. The Bertz CT molecular complexity index is 533. The van der Waals surface area contributed by atoms with Gasteiger partial charge in [-0.05, 0) is 19.9 Å². The van der Waals surface area contributed by atoms with Crippen molar-refractivity contribution in [3.05, 3.63) is 18.2 Å². The number of hydrogen-bond acceptors (Lipinski definition) is 6. The molecule has 10 nitrogen and oxygen atoms in total. The molecule has 0 saturated carbocycles. The van der Waals surface area contributed by atoms with E-state index >= 15 is 0 Å². The van der Waals surface area contributed by atoms with Crippen LogP contribution in [0.4, 0.5) is 0 Å². The lowest BCUT2D eigenvalue weighted by Gasteiger charge is -2.19. The third-order valence-corrected chi connectivity index (χ3v) is 3.22. The summed E-state index contributed by atoms with van der Waals surface area (Å²) in [6, 6.07) is -3.01. The number of carboxylic acids is 3. The molecule has 0 aliphatic rings. The van der Waals surface area contributed by atoms with Crippen molar-refractivity contribution in [2.75, 3.05) is 6.54 Å². The summed E-state index contributed by atoms with van der Waals surface area (Å²) in [6.07, 6.45) is 3.16. The van der Waals surface area contributed by atoms with Crippen molar-refractivity contribution in [2.45, 2.75) is 37.9 Å². The number of carboxylic acid groups (broad SMARTS) is 3. The van der Waals surface area contributed by atoms with Gasteiger partial charge in [-0.3, -0.25) is 19.7 Å². The number of nitrogens with zero attached hydrogens (tertiary/aromatic N) is 1. The predicted molar refractivity (Wildman–Crippen MR) is 78.0 cm³/mol. The SMILES string of the molecule is CC(N[C@@H](CCN[C@@H](Cc1cnc[nH]1)C(=O)O)C(=O)O)C(=O)O. The summed E-state index contributed by atoms with van der Waals surface area (Å²) < 4.78 is 0. The summed E-state index contributed by atoms with van der Waals surface area (Å²) in [5.41, 5.74) is 0.636. The van der Waals surface area contributed by atoms with E-state index in [2.05, 4.69) is 20.6 Å². The summed E-state index contributed by atoms with van der Waals surface area (Å²) in [7, 11) is 0. The normalized spacial score (nSPS) is 14.8. The third kappa shape index (κ3) is 6.45. The second-order valence-electron chi connectivity index (χ2n) is 5.03. The van der Waals surface area contributed by atoms with E-state index < -0.39 is 36.0 Å². The van der Waals surface area contributed by atoms with Crippen LogP contribution in [0.1, 0.15) is 19.0 Å². The molecule has 0 aliphatic heterocycles. The number of imidazole rings is 1.